The minimum absolute atomic E-state index is 0.187. The van der Waals surface area contributed by atoms with Crippen LogP contribution in [0.15, 0.2) is 42.6 Å². The van der Waals surface area contributed by atoms with E-state index in [2.05, 4.69) is 25.8 Å². The molecule has 0 aliphatic heterocycles. The maximum absolute atomic E-state index is 12.6. The summed E-state index contributed by atoms with van der Waals surface area (Å²) in [7, 11) is 0. The fourth-order valence-electron chi connectivity index (χ4n) is 2.85. The van der Waals surface area contributed by atoms with E-state index in [0.29, 0.717) is 16.9 Å². The van der Waals surface area contributed by atoms with E-state index in [9.17, 15) is 4.79 Å². The fourth-order valence-corrected chi connectivity index (χ4v) is 2.85. The largest absolute Gasteiger partial charge is 0.342 e. The van der Waals surface area contributed by atoms with Crippen molar-refractivity contribution in [3.8, 4) is 0 Å². The third-order valence-electron chi connectivity index (χ3n) is 4.15. The number of hydrogen-bond acceptors (Lipinski definition) is 5. The van der Waals surface area contributed by atoms with Gasteiger partial charge in [-0.15, -0.1) is 15.3 Å². The summed E-state index contributed by atoms with van der Waals surface area (Å²) in [5.41, 5.74) is 2.90. The minimum Gasteiger partial charge on any atom is -0.342 e. The maximum atomic E-state index is 12.6. The maximum Gasteiger partial charge on any atom is 0.251 e. The number of carbonyl (C=O) groups is 1. The van der Waals surface area contributed by atoms with Crippen LogP contribution in [0.25, 0.3) is 16.7 Å². The smallest absolute Gasteiger partial charge is 0.251 e. The Bertz CT molecular complexity index is 1070. The highest BCUT2D eigenvalue weighted by atomic mass is 16.1. The fraction of sp³-hybridized carbons (Fsp3) is 0.235. The monoisotopic (exact) mass is 335 g/mol. The van der Waals surface area contributed by atoms with E-state index < -0.39 is 0 Å². The molecule has 0 spiro atoms. The number of nitrogens with one attached hydrogen (secondary N) is 1. The molecule has 1 atom stereocenters. The van der Waals surface area contributed by atoms with Gasteiger partial charge >= 0.3 is 0 Å². The van der Waals surface area contributed by atoms with E-state index in [1.54, 1.807) is 16.8 Å². The van der Waals surface area contributed by atoms with Gasteiger partial charge in [-0.2, -0.15) is 0 Å². The van der Waals surface area contributed by atoms with Crippen LogP contribution in [-0.4, -0.2) is 35.5 Å². The summed E-state index contributed by atoms with van der Waals surface area (Å²) in [5.74, 6) is 0.495. The summed E-state index contributed by atoms with van der Waals surface area (Å²) >= 11 is 0. The molecule has 0 bridgehead atoms. The summed E-state index contributed by atoms with van der Waals surface area (Å²) in [4.78, 5) is 12.6. The summed E-state index contributed by atoms with van der Waals surface area (Å²) in [6.45, 7) is 4.62. The molecule has 0 saturated heterocycles. The van der Waals surface area contributed by atoms with Gasteiger partial charge in [-0.25, -0.2) is 4.68 Å². The molecular formula is C17H17N7O. The van der Waals surface area contributed by atoms with Crippen molar-refractivity contribution in [3.05, 3.63) is 54.0 Å². The molecule has 0 radical (unpaired) electrons. The first-order valence-corrected chi connectivity index (χ1v) is 8.11. The molecule has 8 heteroatoms. The lowest BCUT2D eigenvalue weighted by Gasteiger charge is -2.12. The van der Waals surface area contributed by atoms with E-state index in [1.165, 1.54) is 0 Å². The van der Waals surface area contributed by atoms with Gasteiger partial charge < -0.3 is 5.32 Å². The SMILES string of the molecule is CCn1nnc2cc(C(=O)N[C@H](C)c3nnc4ccccn34)ccc21. The van der Waals surface area contributed by atoms with E-state index in [1.807, 2.05) is 48.7 Å². The number of aromatic nitrogens is 6. The van der Waals surface area contributed by atoms with Crippen LogP contribution >= 0.6 is 0 Å². The molecule has 1 N–H and O–H groups in total. The number of rotatable bonds is 4. The molecule has 126 valence electrons. The Balaban J connectivity index is 1.59. The zero-order chi connectivity index (χ0) is 17.4. The molecule has 0 fully saturated rings. The van der Waals surface area contributed by atoms with E-state index in [-0.39, 0.29) is 11.9 Å². The van der Waals surface area contributed by atoms with E-state index in [0.717, 1.165) is 17.7 Å². The van der Waals surface area contributed by atoms with Crippen molar-refractivity contribution in [2.75, 3.05) is 0 Å². The summed E-state index contributed by atoms with van der Waals surface area (Å²) in [5, 5.41) is 19.4. The van der Waals surface area contributed by atoms with Gasteiger partial charge in [0.05, 0.1) is 11.6 Å². The second-order valence-corrected chi connectivity index (χ2v) is 5.79. The topological polar surface area (TPSA) is 90.0 Å². The first kappa shape index (κ1) is 15.3. The van der Waals surface area contributed by atoms with Crippen molar-refractivity contribution in [1.29, 1.82) is 0 Å². The van der Waals surface area contributed by atoms with Crippen LogP contribution in [0.5, 0.6) is 0 Å². The summed E-state index contributed by atoms with van der Waals surface area (Å²) < 4.78 is 3.66. The van der Waals surface area contributed by atoms with Crippen LogP contribution in [0.1, 0.15) is 36.1 Å². The van der Waals surface area contributed by atoms with Gasteiger partial charge in [0.1, 0.15) is 5.52 Å². The Morgan fingerprint density at radius 3 is 2.92 bits per heavy atom. The van der Waals surface area contributed by atoms with Crippen molar-refractivity contribution in [2.45, 2.75) is 26.4 Å². The zero-order valence-electron chi connectivity index (χ0n) is 13.9. The third kappa shape index (κ3) is 2.61. The normalized spacial score (nSPS) is 12.6. The lowest BCUT2D eigenvalue weighted by molar-refractivity contribution is 0.0938. The minimum atomic E-state index is -0.285. The van der Waals surface area contributed by atoms with Gasteiger partial charge in [0.2, 0.25) is 0 Å². The second-order valence-electron chi connectivity index (χ2n) is 5.79. The average Bonchev–Trinajstić information content (AvgIpc) is 3.24. The van der Waals surface area contributed by atoms with Crippen molar-refractivity contribution < 1.29 is 4.79 Å². The van der Waals surface area contributed by atoms with Gasteiger partial charge in [0, 0.05) is 18.3 Å². The van der Waals surface area contributed by atoms with Crippen LogP contribution in [0.4, 0.5) is 0 Å². The van der Waals surface area contributed by atoms with Crippen molar-refractivity contribution in [1.82, 2.24) is 34.9 Å². The Labute approximate surface area is 143 Å². The third-order valence-corrected chi connectivity index (χ3v) is 4.15. The number of carbonyl (C=O) groups excluding carboxylic acids is 1. The Hall–Kier alpha value is -3.29. The predicted molar refractivity (Wildman–Crippen MR) is 92.1 cm³/mol. The number of aryl methyl sites for hydroxylation is 1. The number of benzene rings is 1. The number of hydrogen-bond donors (Lipinski definition) is 1. The van der Waals surface area contributed by atoms with Crippen molar-refractivity contribution in [2.24, 2.45) is 0 Å². The van der Waals surface area contributed by atoms with Crippen LogP contribution in [0, 0.1) is 0 Å². The molecule has 0 saturated carbocycles. The number of fused-ring (bicyclic) bond motifs is 2. The Kier molecular flexibility index (Phi) is 3.64. The lowest BCUT2D eigenvalue weighted by atomic mass is 10.1. The van der Waals surface area contributed by atoms with Crippen molar-refractivity contribution >= 4 is 22.6 Å². The zero-order valence-corrected chi connectivity index (χ0v) is 13.9. The summed E-state index contributed by atoms with van der Waals surface area (Å²) in [6.07, 6.45) is 1.88. The van der Waals surface area contributed by atoms with Crippen LogP contribution < -0.4 is 5.32 Å². The quantitative estimate of drug-likeness (QED) is 0.616. The van der Waals surface area contributed by atoms with Gasteiger partial charge in [-0.3, -0.25) is 9.20 Å². The standard InChI is InChI=1S/C17H17N7O/c1-3-24-14-8-7-12(10-13(14)19-22-24)17(25)18-11(2)16-21-20-15-6-4-5-9-23(15)16/h4-11H,3H2,1-2H3,(H,18,25)/t11-/m1/s1. The van der Waals surface area contributed by atoms with Crippen molar-refractivity contribution in [3.63, 3.8) is 0 Å². The van der Waals surface area contributed by atoms with Crippen LogP contribution in [-0.2, 0) is 6.54 Å². The highest BCUT2D eigenvalue weighted by molar-refractivity contribution is 5.97. The van der Waals surface area contributed by atoms with Crippen LogP contribution in [0.2, 0.25) is 0 Å². The highest BCUT2D eigenvalue weighted by Gasteiger charge is 2.17. The number of nitrogens with zero attached hydrogens (tertiary/aromatic N) is 6. The highest BCUT2D eigenvalue weighted by Crippen LogP contribution is 2.16. The molecular weight excluding hydrogens is 318 g/mol. The molecule has 0 aliphatic carbocycles. The number of amides is 1. The molecule has 1 aromatic carbocycles. The predicted octanol–water partition coefficient (Wildman–Crippen LogP) is 1.98. The molecule has 0 aliphatic rings. The van der Waals surface area contributed by atoms with Crippen LogP contribution in [0.3, 0.4) is 0 Å². The molecule has 8 nitrogen and oxygen atoms in total. The van der Waals surface area contributed by atoms with E-state index in [4.69, 9.17) is 0 Å². The van der Waals surface area contributed by atoms with Gasteiger partial charge in [-0.1, -0.05) is 11.3 Å². The molecule has 3 aromatic heterocycles. The molecule has 0 unspecified atom stereocenters. The average molecular weight is 335 g/mol. The van der Waals surface area contributed by atoms with Gasteiger partial charge in [0.25, 0.3) is 5.91 Å². The Morgan fingerprint density at radius 1 is 1.20 bits per heavy atom. The lowest BCUT2D eigenvalue weighted by Crippen LogP contribution is -2.28. The molecule has 4 rings (SSSR count). The van der Waals surface area contributed by atoms with E-state index >= 15 is 0 Å². The first-order valence-electron chi connectivity index (χ1n) is 8.11. The molecule has 25 heavy (non-hydrogen) atoms. The van der Waals surface area contributed by atoms with Gasteiger partial charge in [0.15, 0.2) is 11.5 Å². The first-order chi connectivity index (χ1) is 12.2. The Morgan fingerprint density at radius 2 is 2.08 bits per heavy atom. The second kappa shape index (κ2) is 5.97. The molecule has 4 aromatic rings. The molecule has 1 amide bonds. The number of pyridine rings is 1. The molecule has 3 heterocycles. The summed E-state index contributed by atoms with van der Waals surface area (Å²) in [6, 6.07) is 10.8. The van der Waals surface area contributed by atoms with Gasteiger partial charge in [-0.05, 0) is 44.2 Å².